The second kappa shape index (κ2) is 7.92. The minimum Gasteiger partial charge on any atom is -0.486 e. The van der Waals surface area contributed by atoms with Gasteiger partial charge in [-0.25, -0.2) is 4.79 Å². The van der Waals surface area contributed by atoms with Gasteiger partial charge in [0.2, 0.25) is 0 Å². The molecule has 25 heavy (non-hydrogen) atoms. The Labute approximate surface area is 147 Å². The highest BCUT2D eigenvalue weighted by molar-refractivity contribution is 5.74. The number of nitrogens with zero attached hydrogens (tertiary/aromatic N) is 2. The molecule has 0 saturated heterocycles. The molecule has 1 aliphatic heterocycles. The lowest BCUT2D eigenvalue weighted by molar-refractivity contribution is 0.171. The first-order valence-corrected chi connectivity index (χ1v) is 8.53. The smallest absolute Gasteiger partial charge is 0.315 e. The number of carbonyl (C=O) groups is 1. The minimum absolute atomic E-state index is 0.128. The molecule has 2 heterocycles. The summed E-state index contributed by atoms with van der Waals surface area (Å²) in [5.41, 5.74) is 0.976. The van der Waals surface area contributed by atoms with Crippen molar-refractivity contribution < 1.29 is 14.3 Å². The summed E-state index contributed by atoms with van der Waals surface area (Å²) in [5.74, 6) is 1.76. The lowest BCUT2D eigenvalue weighted by Crippen LogP contribution is -2.39. The van der Waals surface area contributed by atoms with E-state index in [1.807, 2.05) is 42.1 Å². The van der Waals surface area contributed by atoms with Crippen molar-refractivity contribution in [2.24, 2.45) is 5.92 Å². The number of hydrogen-bond donors (Lipinski definition) is 2. The van der Waals surface area contributed by atoms with E-state index in [0.717, 1.165) is 23.6 Å². The predicted molar refractivity (Wildman–Crippen MR) is 93.8 cm³/mol. The standard InChI is InChI=1S/C18H24N4O3/c1-13(12-22-7-3-6-20-22)11-19-18(23)21-14(2)15-4-5-16-17(10-15)25-9-8-24-16/h3-7,10,13-14H,8-9,11-12H2,1-2H3,(H2,19,21,23). The van der Waals surface area contributed by atoms with Gasteiger partial charge in [0.15, 0.2) is 11.5 Å². The van der Waals surface area contributed by atoms with Crippen LogP contribution in [0.5, 0.6) is 11.5 Å². The topological polar surface area (TPSA) is 77.4 Å². The molecule has 1 aliphatic rings. The molecule has 0 bridgehead atoms. The Morgan fingerprint density at radius 1 is 1.28 bits per heavy atom. The van der Waals surface area contributed by atoms with E-state index in [-0.39, 0.29) is 18.0 Å². The molecule has 7 heteroatoms. The second-order valence-corrected chi connectivity index (χ2v) is 6.31. The van der Waals surface area contributed by atoms with Gasteiger partial charge in [-0.15, -0.1) is 0 Å². The predicted octanol–water partition coefficient (Wildman–Crippen LogP) is 2.35. The highest BCUT2D eigenvalue weighted by Crippen LogP contribution is 2.32. The molecule has 2 unspecified atom stereocenters. The van der Waals surface area contributed by atoms with Crippen LogP contribution in [-0.2, 0) is 6.54 Å². The Kier molecular flexibility index (Phi) is 5.42. The van der Waals surface area contributed by atoms with Gasteiger partial charge in [-0.2, -0.15) is 5.10 Å². The zero-order chi connectivity index (χ0) is 17.6. The van der Waals surface area contributed by atoms with E-state index in [1.54, 1.807) is 6.20 Å². The summed E-state index contributed by atoms with van der Waals surface area (Å²) in [7, 11) is 0. The molecule has 0 aliphatic carbocycles. The average molecular weight is 344 g/mol. The maximum atomic E-state index is 12.1. The van der Waals surface area contributed by atoms with E-state index < -0.39 is 0 Å². The Morgan fingerprint density at radius 2 is 2.08 bits per heavy atom. The number of nitrogens with one attached hydrogen (secondary N) is 2. The number of urea groups is 1. The molecule has 2 atom stereocenters. The monoisotopic (exact) mass is 344 g/mol. The molecular weight excluding hydrogens is 320 g/mol. The van der Waals surface area contributed by atoms with Crippen molar-refractivity contribution in [3.63, 3.8) is 0 Å². The molecule has 1 aromatic heterocycles. The Bertz CT molecular complexity index is 702. The van der Waals surface area contributed by atoms with Crippen LogP contribution in [0.15, 0.2) is 36.7 Å². The summed E-state index contributed by atoms with van der Waals surface area (Å²) in [6.07, 6.45) is 3.67. The Hall–Kier alpha value is -2.70. The highest BCUT2D eigenvalue weighted by atomic mass is 16.6. The number of rotatable bonds is 6. The Morgan fingerprint density at radius 3 is 2.84 bits per heavy atom. The Balaban J connectivity index is 1.47. The molecule has 0 saturated carbocycles. The third-order valence-electron chi connectivity index (χ3n) is 4.08. The number of hydrogen-bond acceptors (Lipinski definition) is 4. The number of aromatic nitrogens is 2. The van der Waals surface area contributed by atoms with Crippen LogP contribution >= 0.6 is 0 Å². The van der Waals surface area contributed by atoms with Gasteiger partial charge in [-0.05, 0) is 36.6 Å². The summed E-state index contributed by atoms with van der Waals surface area (Å²) in [6.45, 7) is 6.49. The van der Waals surface area contributed by atoms with Crippen molar-refractivity contribution in [1.82, 2.24) is 20.4 Å². The average Bonchev–Trinajstić information content (AvgIpc) is 3.12. The fourth-order valence-electron chi connectivity index (χ4n) is 2.72. The van der Waals surface area contributed by atoms with E-state index in [4.69, 9.17) is 9.47 Å². The van der Waals surface area contributed by atoms with Crippen LogP contribution in [-0.4, -0.2) is 35.6 Å². The van der Waals surface area contributed by atoms with Gasteiger partial charge in [-0.1, -0.05) is 13.0 Å². The van der Waals surface area contributed by atoms with E-state index in [0.29, 0.717) is 19.8 Å². The van der Waals surface area contributed by atoms with E-state index >= 15 is 0 Å². The first-order chi connectivity index (χ1) is 12.1. The summed E-state index contributed by atoms with van der Waals surface area (Å²) in [6, 6.07) is 7.32. The molecule has 2 amide bonds. The second-order valence-electron chi connectivity index (χ2n) is 6.31. The molecule has 0 spiro atoms. The number of ether oxygens (including phenoxy) is 2. The maximum Gasteiger partial charge on any atom is 0.315 e. The SMILES string of the molecule is CC(CNC(=O)NC(C)c1ccc2c(c1)OCCO2)Cn1cccn1. The van der Waals surface area contributed by atoms with Gasteiger partial charge >= 0.3 is 6.03 Å². The van der Waals surface area contributed by atoms with Crippen LogP contribution in [0.1, 0.15) is 25.5 Å². The van der Waals surface area contributed by atoms with Gasteiger partial charge < -0.3 is 20.1 Å². The lowest BCUT2D eigenvalue weighted by Gasteiger charge is -2.21. The largest absolute Gasteiger partial charge is 0.486 e. The lowest BCUT2D eigenvalue weighted by atomic mass is 10.1. The number of carbonyl (C=O) groups excluding carboxylic acids is 1. The van der Waals surface area contributed by atoms with Crippen molar-refractivity contribution in [2.45, 2.75) is 26.4 Å². The quantitative estimate of drug-likeness (QED) is 0.843. The molecule has 2 N–H and O–H groups in total. The van der Waals surface area contributed by atoms with E-state index in [2.05, 4.69) is 22.7 Å². The van der Waals surface area contributed by atoms with Crippen molar-refractivity contribution in [1.29, 1.82) is 0 Å². The molecule has 7 nitrogen and oxygen atoms in total. The van der Waals surface area contributed by atoms with Crippen molar-refractivity contribution >= 4 is 6.03 Å². The molecule has 0 fully saturated rings. The van der Waals surface area contributed by atoms with Crippen LogP contribution in [0.25, 0.3) is 0 Å². The van der Waals surface area contributed by atoms with Crippen LogP contribution in [0.3, 0.4) is 0 Å². The van der Waals surface area contributed by atoms with Gasteiger partial charge in [0.1, 0.15) is 13.2 Å². The maximum absolute atomic E-state index is 12.1. The van der Waals surface area contributed by atoms with Crippen molar-refractivity contribution in [3.05, 3.63) is 42.2 Å². The molecule has 2 aromatic rings. The zero-order valence-corrected chi connectivity index (χ0v) is 14.6. The fraction of sp³-hybridized carbons (Fsp3) is 0.444. The third kappa shape index (κ3) is 4.65. The van der Waals surface area contributed by atoms with E-state index in [9.17, 15) is 4.79 Å². The minimum atomic E-state index is -0.185. The molecule has 0 radical (unpaired) electrons. The van der Waals surface area contributed by atoms with E-state index in [1.165, 1.54) is 0 Å². The third-order valence-corrected chi connectivity index (χ3v) is 4.08. The number of benzene rings is 1. The zero-order valence-electron chi connectivity index (χ0n) is 14.6. The first kappa shape index (κ1) is 17.1. The van der Waals surface area contributed by atoms with Crippen LogP contribution in [0.2, 0.25) is 0 Å². The van der Waals surface area contributed by atoms with Crippen LogP contribution in [0.4, 0.5) is 4.79 Å². The summed E-state index contributed by atoms with van der Waals surface area (Å²) in [5, 5.41) is 10.0. The van der Waals surface area contributed by atoms with Gasteiger partial charge in [0.25, 0.3) is 0 Å². The van der Waals surface area contributed by atoms with Gasteiger partial charge in [0.05, 0.1) is 6.04 Å². The van der Waals surface area contributed by atoms with Crippen LogP contribution < -0.4 is 20.1 Å². The van der Waals surface area contributed by atoms with Crippen molar-refractivity contribution in [3.8, 4) is 11.5 Å². The normalized spacial score (nSPS) is 15.3. The van der Waals surface area contributed by atoms with Gasteiger partial charge in [0, 0.05) is 25.5 Å². The summed E-state index contributed by atoms with van der Waals surface area (Å²) in [4.78, 5) is 12.1. The number of amides is 2. The molecule has 3 rings (SSSR count). The van der Waals surface area contributed by atoms with Crippen molar-refractivity contribution in [2.75, 3.05) is 19.8 Å². The summed E-state index contributed by atoms with van der Waals surface area (Å²) < 4.78 is 13.0. The number of fused-ring (bicyclic) bond motifs is 1. The molecular formula is C18H24N4O3. The fourth-order valence-corrected chi connectivity index (χ4v) is 2.72. The highest BCUT2D eigenvalue weighted by Gasteiger charge is 2.16. The summed E-state index contributed by atoms with van der Waals surface area (Å²) >= 11 is 0. The first-order valence-electron chi connectivity index (χ1n) is 8.53. The molecule has 134 valence electrons. The molecule has 1 aromatic carbocycles. The van der Waals surface area contributed by atoms with Gasteiger partial charge in [-0.3, -0.25) is 4.68 Å². The van der Waals surface area contributed by atoms with Crippen LogP contribution in [0, 0.1) is 5.92 Å².